The van der Waals surface area contributed by atoms with Gasteiger partial charge in [-0.1, -0.05) is 30.3 Å². The van der Waals surface area contributed by atoms with Gasteiger partial charge < -0.3 is 14.8 Å². The summed E-state index contributed by atoms with van der Waals surface area (Å²) in [7, 11) is 1.59. The summed E-state index contributed by atoms with van der Waals surface area (Å²) in [6.45, 7) is 0.206. The van der Waals surface area contributed by atoms with E-state index in [2.05, 4.69) is 5.32 Å². The number of ketones is 1. The molecule has 0 fully saturated rings. The average Bonchev–Trinajstić information content (AvgIpc) is 2.60. The van der Waals surface area contributed by atoms with Gasteiger partial charge in [-0.05, 0) is 35.7 Å². The number of benzene rings is 2. The smallest absolute Gasteiger partial charge is 0.407 e. The average molecular weight is 325 g/mol. The third-order valence-corrected chi connectivity index (χ3v) is 4.05. The van der Waals surface area contributed by atoms with Crippen molar-refractivity contribution in [2.24, 2.45) is 0 Å². The molecule has 3 rings (SSSR count). The standard InChI is InChI=1S/C19H19NO4/c1-23-16-7-8-17-14(10-16)9-15(11-18(17)21)20-19(22)24-12-13-5-3-2-4-6-13/h2-8,10,15H,9,11-12H2,1H3,(H,20,22)/t15-/m1/s1. The van der Waals surface area contributed by atoms with Crippen LogP contribution in [0.2, 0.25) is 0 Å². The van der Waals surface area contributed by atoms with Crippen molar-refractivity contribution >= 4 is 11.9 Å². The SMILES string of the molecule is COc1ccc2c(c1)C[C@@H](NC(=O)OCc1ccccc1)CC2=O. The van der Waals surface area contributed by atoms with Crippen LogP contribution in [-0.2, 0) is 17.8 Å². The Bertz CT molecular complexity index is 742. The van der Waals surface area contributed by atoms with Crippen molar-refractivity contribution in [3.8, 4) is 5.75 Å². The highest BCUT2D eigenvalue weighted by Gasteiger charge is 2.26. The summed E-state index contributed by atoms with van der Waals surface area (Å²) in [6.07, 6.45) is 0.348. The van der Waals surface area contributed by atoms with E-state index in [1.54, 1.807) is 19.2 Å². The van der Waals surface area contributed by atoms with Gasteiger partial charge in [-0.2, -0.15) is 0 Å². The van der Waals surface area contributed by atoms with Gasteiger partial charge in [-0.25, -0.2) is 4.79 Å². The summed E-state index contributed by atoms with van der Waals surface area (Å²) in [5, 5.41) is 2.78. The van der Waals surface area contributed by atoms with Crippen LogP contribution in [0.15, 0.2) is 48.5 Å². The van der Waals surface area contributed by atoms with Crippen LogP contribution in [0, 0.1) is 0 Å². The second kappa shape index (κ2) is 7.17. The lowest BCUT2D eigenvalue weighted by molar-refractivity contribution is 0.0951. The number of fused-ring (bicyclic) bond motifs is 1. The summed E-state index contributed by atoms with van der Waals surface area (Å²) < 4.78 is 10.4. The van der Waals surface area contributed by atoms with Gasteiger partial charge in [0.25, 0.3) is 0 Å². The Morgan fingerprint density at radius 3 is 2.71 bits per heavy atom. The van der Waals surface area contributed by atoms with Crippen molar-refractivity contribution in [2.45, 2.75) is 25.5 Å². The van der Waals surface area contributed by atoms with E-state index in [-0.39, 0.29) is 24.9 Å². The normalized spacial score (nSPS) is 16.2. The minimum absolute atomic E-state index is 0.0206. The van der Waals surface area contributed by atoms with Crippen molar-refractivity contribution in [2.75, 3.05) is 7.11 Å². The molecule has 2 aromatic rings. The summed E-state index contributed by atoms with van der Waals surface area (Å²) in [4.78, 5) is 24.2. The number of nitrogens with one attached hydrogen (secondary N) is 1. The number of amides is 1. The lowest BCUT2D eigenvalue weighted by Crippen LogP contribution is -2.40. The first-order valence-electron chi connectivity index (χ1n) is 7.83. The Balaban J connectivity index is 1.59. The number of carbonyl (C=O) groups excluding carboxylic acids is 2. The Morgan fingerprint density at radius 1 is 1.17 bits per heavy atom. The van der Waals surface area contributed by atoms with Gasteiger partial charge in [0.2, 0.25) is 0 Å². The lowest BCUT2D eigenvalue weighted by atomic mass is 9.87. The minimum atomic E-state index is -0.511. The third-order valence-electron chi connectivity index (χ3n) is 4.05. The fourth-order valence-corrected chi connectivity index (χ4v) is 2.84. The highest BCUT2D eigenvalue weighted by atomic mass is 16.5. The number of ether oxygens (including phenoxy) is 2. The first-order chi connectivity index (χ1) is 11.7. The molecular formula is C19H19NO4. The minimum Gasteiger partial charge on any atom is -0.497 e. The quantitative estimate of drug-likeness (QED) is 0.938. The molecule has 2 aromatic carbocycles. The lowest BCUT2D eigenvalue weighted by Gasteiger charge is -2.24. The van der Waals surface area contributed by atoms with E-state index in [0.29, 0.717) is 17.7 Å². The molecule has 0 spiro atoms. The molecule has 5 nitrogen and oxygen atoms in total. The van der Waals surface area contributed by atoms with Gasteiger partial charge in [-0.3, -0.25) is 4.79 Å². The Labute approximate surface area is 140 Å². The molecule has 1 aliphatic carbocycles. The Morgan fingerprint density at radius 2 is 1.96 bits per heavy atom. The monoisotopic (exact) mass is 325 g/mol. The molecular weight excluding hydrogens is 306 g/mol. The first-order valence-corrected chi connectivity index (χ1v) is 7.83. The molecule has 1 N–H and O–H groups in total. The van der Waals surface area contributed by atoms with Crippen LogP contribution in [-0.4, -0.2) is 25.0 Å². The van der Waals surface area contributed by atoms with Crippen LogP contribution in [0.1, 0.15) is 27.9 Å². The second-order valence-corrected chi connectivity index (χ2v) is 5.76. The molecule has 1 aliphatic rings. The zero-order chi connectivity index (χ0) is 16.9. The van der Waals surface area contributed by atoms with E-state index in [0.717, 1.165) is 11.1 Å². The molecule has 0 bridgehead atoms. The molecule has 1 amide bonds. The summed E-state index contributed by atoms with van der Waals surface area (Å²) in [6, 6.07) is 14.6. The summed E-state index contributed by atoms with van der Waals surface area (Å²) >= 11 is 0. The number of hydrogen-bond acceptors (Lipinski definition) is 4. The number of hydrogen-bond donors (Lipinski definition) is 1. The maximum atomic E-state index is 12.2. The largest absolute Gasteiger partial charge is 0.497 e. The predicted octanol–water partition coefficient (Wildman–Crippen LogP) is 3.12. The second-order valence-electron chi connectivity index (χ2n) is 5.76. The van der Waals surface area contributed by atoms with Crippen LogP contribution in [0.25, 0.3) is 0 Å². The maximum Gasteiger partial charge on any atom is 0.407 e. The first kappa shape index (κ1) is 16.1. The molecule has 0 heterocycles. The van der Waals surface area contributed by atoms with Gasteiger partial charge in [0.1, 0.15) is 12.4 Å². The number of alkyl carbamates (subject to hydrolysis) is 1. The van der Waals surface area contributed by atoms with Crippen molar-refractivity contribution in [1.82, 2.24) is 5.32 Å². The fraction of sp³-hybridized carbons (Fsp3) is 0.263. The summed E-state index contributed by atoms with van der Waals surface area (Å²) in [5.41, 5.74) is 2.51. The van der Waals surface area contributed by atoms with Crippen molar-refractivity contribution in [3.05, 3.63) is 65.2 Å². The van der Waals surface area contributed by atoms with Crippen molar-refractivity contribution in [1.29, 1.82) is 0 Å². The molecule has 0 saturated heterocycles. The van der Waals surface area contributed by atoms with Gasteiger partial charge in [0.15, 0.2) is 5.78 Å². The zero-order valence-electron chi connectivity index (χ0n) is 13.5. The van der Waals surface area contributed by atoms with Crippen LogP contribution < -0.4 is 10.1 Å². The fourth-order valence-electron chi connectivity index (χ4n) is 2.84. The highest BCUT2D eigenvalue weighted by Crippen LogP contribution is 2.25. The molecule has 124 valence electrons. The van der Waals surface area contributed by atoms with Gasteiger partial charge >= 0.3 is 6.09 Å². The van der Waals surface area contributed by atoms with E-state index >= 15 is 0 Å². The van der Waals surface area contributed by atoms with Crippen molar-refractivity contribution in [3.63, 3.8) is 0 Å². The van der Waals surface area contributed by atoms with E-state index in [9.17, 15) is 9.59 Å². The van der Waals surface area contributed by atoms with Crippen LogP contribution in [0.4, 0.5) is 4.79 Å². The zero-order valence-corrected chi connectivity index (χ0v) is 13.5. The van der Waals surface area contributed by atoms with E-state index in [1.165, 1.54) is 0 Å². The number of rotatable bonds is 4. The molecule has 0 aliphatic heterocycles. The van der Waals surface area contributed by atoms with Gasteiger partial charge in [0.05, 0.1) is 7.11 Å². The van der Waals surface area contributed by atoms with Crippen LogP contribution >= 0.6 is 0 Å². The molecule has 24 heavy (non-hydrogen) atoms. The number of carbonyl (C=O) groups is 2. The molecule has 0 radical (unpaired) electrons. The number of Topliss-reactive ketones (excluding diaryl/α,β-unsaturated/α-hetero) is 1. The third kappa shape index (κ3) is 3.74. The Hall–Kier alpha value is -2.82. The maximum absolute atomic E-state index is 12.2. The van der Waals surface area contributed by atoms with Gasteiger partial charge in [0, 0.05) is 18.0 Å². The molecule has 0 saturated carbocycles. The van der Waals surface area contributed by atoms with Crippen LogP contribution in [0.3, 0.4) is 0 Å². The predicted molar refractivity (Wildman–Crippen MR) is 89.2 cm³/mol. The molecule has 0 unspecified atom stereocenters. The Kier molecular flexibility index (Phi) is 4.79. The molecule has 5 heteroatoms. The topological polar surface area (TPSA) is 64.6 Å². The van der Waals surface area contributed by atoms with Crippen molar-refractivity contribution < 1.29 is 19.1 Å². The van der Waals surface area contributed by atoms with Crippen LogP contribution in [0.5, 0.6) is 5.75 Å². The van der Waals surface area contributed by atoms with E-state index in [4.69, 9.17) is 9.47 Å². The molecule has 0 aromatic heterocycles. The molecule has 1 atom stereocenters. The summed E-state index contributed by atoms with van der Waals surface area (Å²) in [5.74, 6) is 0.723. The number of methoxy groups -OCH3 is 1. The van der Waals surface area contributed by atoms with E-state index in [1.807, 2.05) is 36.4 Å². The highest BCUT2D eigenvalue weighted by molar-refractivity contribution is 5.99. The van der Waals surface area contributed by atoms with E-state index < -0.39 is 6.09 Å². The van der Waals surface area contributed by atoms with Gasteiger partial charge in [-0.15, -0.1) is 0 Å².